The predicted octanol–water partition coefficient (Wildman–Crippen LogP) is 4.09. The van der Waals surface area contributed by atoms with Crippen molar-refractivity contribution in [3.8, 4) is 0 Å². The van der Waals surface area contributed by atoms with E-state index in [-0.39, 0.29) is 29.2 Å². The molecule has 0 spiro atoms. The van der Waals surface area contributed by atoms with E-state index < -0.39 is 28.5 Å². The molecule has 0 radical (unpaired) electrons. The Morgan fingerprint density at radius 1 is 1.03 bits per heavy atom. The molecule has 2 aromatic carbocycles. The molecule has 0 saturated carbocycles. The lowest BCUT2D eigenvalue weighted by Crippen LogP contribution is -2.52. The van der Waals surface area contributed by atoms with Gasteiger partial charge in [-0.05, 0) is 50.1 Å². The predicted molar refractivity (Wildman–Crippen MR) is 133 cm³/mol. The van der Waals surface area contributed by atoms with Gasteiger partial charge in [0.25, 0.3) is 0 Å². The van der Waals surface area contributed by atoms with Crippen LogP contribution in [0.4, 0.5) is 5.69 Å². The average Bonchev–Trinajstić information content (AvgIpc) is 2.76. The van der Waals surface area contributed by atoms with Gasteiger partial charge in [0.1, 0.15) is 12.6 Å². The van der Waals surface area contributed by atoms with E-state index in [2.05, 4.69) is 5.32 Å². The number of hydrogen-bond acceptors (Lipinski definition) is 4. The van der Waals surface area contributed by atoms with Gasteiger partial charge in [-0.2, -0.15) is 0 Å². The van der Waals surface area contributed by atoms with Crippen LogP contribution in [0.15, 0.2) is 48.5 Å². The van der Waals surface area contributed by atoms with Crippen molar-refractivity contribution in [1.82, 2.24) is 10.2 Å². The fraction of sp³-hybridized carbons (Fsp3) is 0.391. The molecule has 2 aromatic rings. The van der Waals surface area contributed by atoms with Crippen molar-refractivity contribution < 1.29 is 18.0 Å². The largest absolute Gasteiger partial charge is 0.352 e. The van der Waals surface area contributed by atoms with Crippen LogP contribution in [0.1, 0.15) is 32.8 Å². The Balaban J connectivity index is 2.39. The number of benzene rings is 2. The highest BCUT2D eigenvalue weighted by atomic mass is 35.5. The van der Waals surface area contributed by atoms with E-state index in [9.17, 15) is 18.0 Å². The van der Waals surface area contributed by atoms with Gasteiger partial charge in [-0.25, -0.2) is 8.42 Å². The number of sulfonamides is 1. The fourth-order valence-electron chi connectivity index (χ4n) is 3.08. The van der Waals surface area contributed by atoms with Gasteiger partial charge in [-0.3, -0.25) is 13.9 Å². The first-order chi connectivity index (χ1) is 15.4. The zero-order chi connectivity index (χ0) is 24.8. The molecular weight excluding hydrogens is 485 g/mol. The molecule has 0 aliphatic rings. The van der Waals surface area contributed by atoms with Gasteiger partial charge in [0.15, 0.2) is 0 Å². The van der Waals surface area contributed by atoms with Gasteiger partial charge in [-0.15, -0.1) is 0 Å². The molecular formula is C23H29Cl2N3O4S. The van der Waals surface area contributed by atoms with Gasteiger partial charge in [0, 0.05) is 17.6 Å². The van der Waals surface area contributed by atoms with Gasteiger partial charge in [0.05, 0.1) is 17.0 Å². The van der Waals surface area contributed by atoms with Crippen molar-refractivity contribution in [2.75, 3.05) is 17.1 Å². The molecule has 33 heavy (non-hydrogen) atoms. The third-order valence-corrected chi connectivity index (χ3v) is 6.93. The first-order valence-corrected chi connectivity index (χ1v) is 13.1. The minimum Gasteiger partial charge on any atom is -0.352 e. The maximum Gasteiger partial charge on any atom is 0.244 e. The summed E-state index contributed by atoms with van der Waals surface area (Å²) in [6.07, 6.45) is 1.74. The van der Waals surface area contributed by atoms with E-state index in [1.54, 1.807) is 49.4 Å². The molecule has 0 fully saturated rings. The molecule has 0 aromatic heterocycles. The number of rotatable bonds is 10. The van der Waals surface area contributed by atoms with Crippen LogP contribution in [0.3, 0.4) is 0 Å². The third-order valence-electron chi connectivity index (χ3n) is 5.23. The second-order valence-electron chi connectivity index (χ2n) is 7.86. The molecule has 180 valence electrons. The number of hydrogen-bond donors (Lipinski definition) is 1. The standard InChI is InChI=1S/C23H29Cl2N3O4S/c1-5-16(2)26-23(30)17(3)27(14-18-10-12-19(24)13-11-18)22(29)15-28(33(4,31)32)21-9-7-6-8-20(21)25/h6-13,16-17H,5,14-15H2,1-4H3,(H,26,30). The number of halogens is 2. The Morgan fingerprint density at radius 2 is 1.64 bits per heavy atom. The van der Waals surface area contributed by atoms with E-state index in [0.717, 1.165) is 22.5 Å². The van der Waals surface area contributed by atoms with Gasteiger partial charge in [-0.1, -0.05) is 54.4 Å². The minimum absolute atomic E-state index is 0.0666. The molecule has 0 heterocycles. The SMILES string of the molecule is CCC(C)NC(=O)C(C)N(Cc1ccc(Cl)cc1)C(=O)CN(c1ccccc1Cl)S(C)(=O)=O. The third kappa shape index (κ3) is 7.62. The number of carbonyl (C=O) groups excluding carboxylic acids is 2. The van der Waals surface area contributed by atoms with E-state index in [4.69, 9.17) is 23.2 Å². The zero-order valence-corrected chi connectivity index (χ0v) is 21.4. The number of nitrogens with zero attached hydrogens (tertiary/aromatic N) is 2. The molecule has 0 aliphatic heterocycles. The van der Waals surface area contributed by atoms with E-state index in [1.807, 2.05) is 13.8 Å². The summed E-state index contributed by atoms with van der Waals surface area (Å²) in [6.45, 7) is 5.03. The zero-order valence-electron chi connectivity index (χ0n) is 19.1. The normalized spacial score (nSPS) is 13.2. The van der Waals surface area contributed by atoms with Crippen molar-refractivity contribution in [1.29, 1.82) is 0 Å². The van der Waals surface area contributed by atoms with Crippen LogP contribution in [-0.2, 0) is 26.2 Å². The lowest BCUT2D eigenvalue weighted by Gasteiger charge is -2.32. The maximum atomic E-state index is 13.4. The van der Waals surface area contributed by atoms with Crippen molar-refractivity contribution in [3.05, 3.63) is 64.1 Å². The molecule has 0 bridgehead atoms. The van der Waals surface area contributed by atoms with Crippen LogP contribution in [0.25, 0.3) is 0 Å². The maximum absolute atomic E-state index is 13.4. The van der Waals surface area contributed by atoms with Crippen LogP contribution in [-0.4, -0.2) is 50.0 Å². The summed E-state index contributed by atoms with van der Waals surface area (Å²) in [6, 6.07) is 12.4. The Morgan fingerprint density at radius 3 is 2.18 bits per heavy atom. The van der Waals surface area contributed by atoms with E-state index in [0.29, 0.717) is 5.02 Å². The fourth-order valence-corrected chi connectivity index (χ4v) is 4.36. The lowest BCUT2D eigenvalue weighted by molar-refractivity contribution is -0.139. The van der Waals surface area contributed by atoms with Crippen molar-refractivity contribution in [2.24, 2.45) is 0 Å². The summed E-state index contributed by atoms with van der Waals surface area (Å²) in [5.41, 5.74) is 0.942. The summed E-state index contributed by atoms with van der Waals surface area (Å²) in [5, 5.41) is 3.62. The van der Waals surface area contributed by atoms with Crippen LogP contribution in [0.5, 0.6) is 0 Å². The van der Waals surface area contributed by atoms with E-state index in [1.165, 1.54) is 11.0 Å². The Kier molecular flexibility index (Phi) is 9.57. The van der Waals surface area contributed by atoms with Crippen LogP contribution in [0, 0.1) is 0 Å². The Labute approximate surface area is 205 Å². The van der Waals surface area contributed by atoms with Crippen LogP contribution >= 0.6 is 23.2 Å². The van der Waals surface area contributed by atoms with Gasteiger partial charge < -0.3 is 10.2 Å². The molecule has 10 heteroatoms. The number of amides is 2. The molecule has 2 amide bonds. The Bertz CT molecular complexity index is 1080. The summed E-state index contributed by atoms with van der Waals surface area (Å²) in [7, 11) is -3.83. The summed E-state index contributed by atoms with van der Waals surface area (Å²) >= 11 is 12.2. The van der Waals surface area contributed by atoms with Crippen LogP contribution in [0.2, 0.25) is 10.0 Å². The number of para-hydroxylation sites is 1. The van der Waals surface area contributed by atoms with Crippen molar-refractivity contribution in [2.45, 2.75) is 45.8 Å². The highest BCUT2D eigenvalue weighted by Gasteiger charge is 2.31. The molecule has 7 nitrogen and oxygen atoms in total. The number of anilines is 1. The molecule has 0 aliphatic carbocycles. The first kappa shape index (κ1) is 27.0. The summed E-state index contributed by atoms with van der Waals surface area (Å²) in [4.78, 5) is 27.6. The van der Waals surface area contributed by atoms with E-state index >= 15 is 0 Å². The number of nitrogens with one attached hydrogen (secondary N) is 1. The molecule has 2 unspecified atom stereocenters. The molecule has 0 saturated heterocycles. The minimum atomic E-state index is -3.83. The van der Waals surface area contributed by atoms with Gasteiger partial charge >= 0.3 is 0 Å². The smallest absolute Gasteiger partial charge is 0.244 e. The van der Waals surface area contributed by atoms with Gasteiger partial charge in [0.2, 0.25) is 21.8 Å². The highest BCUT2D eigenvalue weighted by Crippen LogP contribution is 2.27. The molecule has 2 rings (SSSR count). The topological polar surface area (TPSA) is 86.8 Å². The van der Waals surface area contributed by atoms with Crippen molar-refractivity contribution in [3.63, 3.8) is 0 Å². The Hall–Kier alpha value is -2.29. The average molecular weight is 514 g/mol. The number of carbonyl (C=O) groups is 2. The lowest BCUT2D eigenvalue weighted by atomic mass is 10.1. The molecule has 2 atom stereocenters. The quantitative estimate of drug-likeness (QED) is 0.518. The first-order valence-electron chi connectivity index (χ1n) is 10.5. The molecule has 1 N–H and O–H groups in total. The summed E-state index contributed by atoms with van der Waals surface area (Å²) in [5.74, 6) is -0.864. The summed E-state index contributed by atoms with van der Waals surface area (Å²) < 4.78 is 26.0. The second kappa shape index (κ2) is 11.7. The monoisotopic (exact) mass is 513 g/mol. The van der Waals surface area contributed by atoms with Crippen LogP contribution < -0.4 is 9.62 Å². The van der Waals surface area contributed by atoms with Crippen molar-refractivity contribution >= 4 is 50.7 Å². The highest BCUT2D eigenvalue weighted by molar-refractivity contribution is 7.92. The second-order valence-corrected chi connectivity index (χ2v) is 10.6.